The number of hydrogen-bond acceptors (Lipinski definition) is 4. The number of nitrogens with one attached hydrogen (secondary N) is 2. The van der Waals surface area contributed by atoms with Gasteiger partial charge in [-0.25, -0.2) is 18.1 Å². The molecular formula is C13H20ClN3O2S. The van der Waals surface area contributed by atoms with E-state index in [1.165, 1.54) is 25.1 Å². The average Bonchev–Trinajstić information content (AvgIpc) is 3.21. The number of pyridine rings is 1. The Labute approximate surface area is 125 Å². The largest absolute Gasteiger partial charge is 0.369 e. The third kappa shape index (κ3) is 4.33. The van der Waals surface area contributed by atoms with E-state index in [0.717, 1.165) is 18.8 Å². The summed E-state index contributed by atoms with van der Waals surface area (Å²) in [6.07, 6.45) is 5.88. The van der Waals surface area contributed by atoms with Crippen LogP contribution >= 0.6 is 11.6 Å². The van der Waals surface area contributed by atoms with Gasteiger partial charge in [-0.15, -0.1) is 0 Å². The molecule has 0 radical (unpaired) electrons. The lowest BCUT2D eigenvalue weighted by molar-refractivity contribution is 0.572. The lowest BCUT2D eigenvalue weighted by Crippen LogP contribution is -2.25. The smallest absolute Gasteiger partial charge is 0.242 e. The highest BCUT2D eigenvalue weighted by molar-refractivity contribution is 7.89. The molecule has 1 fully saturated rings. The Hall–Kier alpha value is -0.850. The van der Waals surface area contributed by atoms with Crippen LogP contribution in [-0.2, 0) is 10.0 Å². The lowest BCUT2D eigenvalue weighted by atomic mass is 10.2. The van der Waals surface area contributed by atoms with E-state index < -0.39 is 10.0 Å². The summed E-state index contributed by atoms with van der Waals surface area (Å²) in [5.41, 5.74) is 0. The van der Waals surface area contributed by atoms with Gasteiger partial charge in [-0.05, 0) is 31.7 Å². The number of hydrogen-bond donors (Lipinski definition) is 2. The molecule has 0 aromatic carbocycles. The second-order valence-electron chi connectivity index (χ2n) is 5.02. The Morgan fingerprint density at radius 1 is 1.45 bits per heavy atom. The molecular weight excluding hydrogens is 298 g/mol. The molecule has 112 valence electrons. The van der Waals surface area contributed by atoms with Crippen molar-refractivity contribution in [3.05, 3.63) is 17.3 Å². The van der Waals surface area contributed by atoms with Crippen molar-refractivity contribution in [2.75, 3.05) is 18.4 Å². The third-order valence-corrected chi connectivity index (χ3v) is 4.96. The summed E-state index contributed by atoms with van der Waals surface area (Å²) in [6.45, 7) is 3.06. The summed E-state index contributed by atoms with van der Waals surface area (Å²) in [7, 11) is -3.52. The fourth-order valence-corrected chi connectivity index (χ4v) is 3.29. The number of nitrogens with zero attached hydrogens (tertiary/aromatic N) is 1. The molecule has 0 aliphatic heterocycles. The van der Waals surface area contributed by atoms with Crippen LogP contribution in [0.3, 0.4) is 0 Å². The molecule has 1 aromatic heterocycles. The fraction of sp³-hybridized carbons (Fsp3) is 0.615. The normalized spacial score (nSPS) is 15.3. The predicted octanol–water partition coefficient (Wildman–Crippen LogP) is 2.64. The van der Waals surface area contributed by atoms with Gasteiger partial charge in [0.15, 0.2) is 0 Å². The van der Waals surface area contributed by atoms with Gasteiger partial charge >= 0.3 is 0 Å². The first-order valence-electron chi connectivity index (χ1n) is 6.92. The molecule has 1 saturated carbocycles. The van der Waals surface area contributed by atoms with Gasteiger partial charge in [0.05, 0.1) is 5.02 Å². The van der Waals surface area contributed by atoms with Gasteiger partial charge in [0, 0.05) is 19.3 Å². The molecule has 2 N–H and O–H groups in total. The summed E-state index contributed by atoms with van der Waals surface area (Å²) < 4.78 is 26.8. The number of aromatic nitrogens is 1. The molecule has 1 aliphatic rings. The molecule has 1 aromatic rings. The summed E-state index contributed by atoms with van der Waals surface area (Å²) >= 11 is 6.01. The van der Waals surface area contributed by atoms with Crippen molar-refractivity contribution in [3.63, 3.8) is 0 Å². The van der Waals surface area contributed by atoms with E-state index in [1.807, 2.05) is 6.92 Å². The Kier molecular flexibility index (Phi) is 5.23. The Morgan fingerprint density at radius 3 is 2.80 bits per heavy atom. The standard InChI is InChI=1S/C13H20ClN3O2S/c1-2-15-13-12(14)8-11(9-16-13)20(18,19)17-7-3-4-10-5-6-10/h8-10,17H,2-7H2,1H3,(H,15,16). The van der Waals surface area contributed by atoms with E-state index in [9.17, 15) is 8.42 Å². The summed E-state index contributed by atoms with van der Waals surface area (Å²) in [5, 5.41) is 3.28. The number of sulfonamides is 1. The van der Waals surface area contributed by atoms with E-state index in [2.05, 4.69) is 15.0 Å². The lowest BCUT2D eigenvalue weighted by Gasteiger charge is -2.09. The number of rotatable bonds is 8. The van der Waals surface area contributed by atoms with E-state index in [4.69, 9.17) is 11.6 Å². The molecule has 0 atom stereocenters. The van der Waals surface area contributed by atoms with Crippen LogP contribution in [0.25, 0.3) is 0 Å². The monoisotopic (exact) mass is 317 g/mol. The van der Waals surface area contributed by atoms with Gasteiger partial charge < -0.3 is 5.32 Å². The Balaban J connectivity index is 1.95. The SMILES string of the molecule is CCNc1ncc(S(=O)(=O)NCCCC2CC2)cc1Cl. The van der Waals surface area contributed by atoms with Gasteiger partial charge in [-0.2, -0.15) is 0 Å². The van der Waals surface area contributed by atoms with Crippen molar-refractivity contribution >= 4 is 27.4 Å². The van der Waals surface area contributed by atoms with Crippen LogP contribution in [0.5, 0.6) is 0 Å². The van der Waals surface area contributed by atoms with Gasteiger partial charge in [0.1, 0.15) is 10.7 Å². The van der Waals surface area contributed by atoms with Crippen LogP contribution in [0, 0.1) is 5.92 Å². The average molecular weight is 318 g/mol. The molecule has 5 nitrogen and oxygen atoms in total. The van der Waals surface area contributed by atoms with Crippen molar-refractivity contribution < 1.29 is 8.42 Å². The molecule has 0 saturated heterocycles. The minimum Gasteiger partial charge on any atom is -0.369 e. The van der Waals surface area contributed by atoms with Crippen molar-refractivity contribution in [1.82, 2.24) is 9.71 Å². The van der Waals surface area contributed by atoms with Crippen LogP contribution in [0.1, 0.15) is 32.6 Å². The minimum absolute atomic E-state index is 0.107. The van der Waals surface area contributed by atoms with E-state index >= 15 is 0 Å². The zero-order chi connectivity index (χ0) is 14.6. The number of halogens is 1. The molecule has 0 spiro atoms. The molecule has 1 aliphatic carbocycles. The zero-order valence-corrected chi connectivity index (χ0v) is 13.1. The molecule has 0 unspecified atom stereocenters. The van der Waals surface area contributed by atoms with Crippen molar-refractivity contribution in [3.8, 4) is 0 Å². The summed E-state index contributed by atoms with van der Waals surface area (Å²) in [5.74, 6) is 1.32. The first-order chi connectivity index (χ1) is 9.53. The highest BCUT2D eigenvalue weighted by Gasteiger charge is 2.21. The van der Waals surface area contributed by atoms with Crippen molar-refractivity contribution in [1.29, 1.82) is 0 Å². The maximum atomic E-state index is 12.1. The molecule has 7 heteroatoms. The van der Waals surface area contributed by atoms with Gasteiger partial charge in [0.2, 0.25) is 10.0 Å². The minimum atomic E-state index is -3.52. The van der Waals surface area contributed by atoms with Crippen LogP contribution < -0.4 is 10.0 Å². The Bertz CT molecular complexity index is 559. The zero-order valence-electron chi connectivity index (χ0n) is 11.5. The van der Waals surface area contributed by atoms with Crippen LogP contribution in [0.4, 0.5) is 5.82 Å². The fourth-order valence-electron chi connectivity index (χ4n) is 1.95. The van der Waals surface area contributed by atoms with Gasteiger partial charge in [-0.1, -0.05) is 24.4 Å². The predicted molar refractivity (Wildman–Crippen MR) is 80.6 cm³/mol. The molecule has 0 bridgehead atoms. The van der Waals surface area contributed by atoms with Gasteiger partial charge in [0.25, 0.3) is 0 Å². The molecule has 0 amide bonds. The second kappa shape index (κ2) is 6.74. The maximum Gasteiger partial charge on any atom is 0.242 e. The number of anilines is 1. The third-order valence-electron chi connectivity index (χ3n) is 3.25. The highest BCUT2D eigenvalue weighted by Crippen LogP contribution is 2.33. The van der Waals surface area contributed by atoms with Crippen LogP contribution in [0.2, 0.25) is 5.02 Å². The van der Waals surface area contributed by atoms with Crippen molar-refractivity contribution in [2.45, 2.75) is 37.5 Å². The van der Waals surface area contributed by atoms with E-state index in [1.54, 1.807) is 0 Å². The maximum absolute atomic E-state index is 12.1. The molecule has 20 heavy (non-hydrogen) atoms. The first kappa shape index (κ1) is 15.5. The van der Waals surface area contributed by atoms with Crippen LogP contribution in [-0.4, -0.2) is 26.5 Å². The molecule has 2 rings (SSSR count). The highest BCUT2D eigenvalue weighted by atomic mass is 35.5. The van der Waals surface area contributed by atoms with E-state index in [0.29, 0.717) is 23.9 Å². The van der Waals surface area contributed by atoms with E-state index in [-0.39, 0.29) is 4.90 Å². The summed E-state index contributed by atoms with van der Waals surface area (Å²) in [6, 6.07) is 1.43. The van der Waals surface area contributed by atoms with Crippen LogP contribution in [0.15, 0.2) is 17.2 Å². The van der Waals surface area contributed by atoms with Crippen molar-refractivity contribution in [2.24, 2.45) is 5.92 Å². The first-order valence-corrected chi connectivity index (χ1v) is 8.78. The Morgan fingerprint density at radius 2 is 2.20 bits per heavy atom. The quantitative estimate of drug-likeness (QED) is 0.723. The van der Waals surface area contributed by atoms with Gasteiger partial charge in [-0.3, -0.25) is 0 Å². The molecule has 1 heterocycles. The summed E-state index contributed by atoms with van der Waals surface area (Å²) in [4.78, 5) is 4.15. The topological polar surface area (TPSA) is 71.1 Å². The second-order valence-corrected chi connectivity index (χ2v) is 7.19.